The zero-order chi connectivity index (χ0) is 20.8. The van der Waals surface area contributed by atoms with E-state index in [1.54, 1.807) is 4.52 Å². The molecule has 5 aromatic rings. The second kappa shape index (κ2) is 7.09. The number of amides is 1. The average molecular weight is 407 g/mol. The number of aromatic nitrogens is 4. The Morgan fingerprint density at radius 1 is 1.00 bits per heavy atom. The molecule has 1 N–H and O–H groups in total. The minimum absolute atomic E-state index is 0.0126. The monoisotopic (exact) mass is 407 g/mol. The molecule has 6 rings (SSSR count). The maximum absolute atomic E-state index is 12.1. The molecular weight excluding hydrogens is 386 g/mol. The van der Waals surface area contributed by atoms with E-state index in [4.69, 9.17) is 0 Å². The Morgan fingerprint density at radius 2 is 1.87 bits per heavy atom. The first kappa shape index (κ1) is 17.9. The van der Waals surface area contributed by atoms with Gasteiger partial charge in [0.15, 0.2) is 5.65 Å². The lowest BCUT2D eigenvalue weighted by molar-refractivity contribution is -0.117. The highest BCUT2D eigenvalue weighted by Gasteiger charge is 2.30. The molecule has 0 unspecified atom stereocenters. The Morgan fingerprint density at radius 3 is 2.71 bits per heavy atom. The molecule has 0 saturated heterocycles. The van der Waals surface area contributed by atoms with Gasteiger partial charge in [-0.25, -0.2) is 4.52 Å². The van der Waals surface area contributed by atoms with Crippen LogP contribution in [0.2, 0.25) is 0 Å². The van der Waals surface area contributed by atoms with Crippen molar-refractivity contribution in [1.82, 2.24) is 19.2 Å². The molecule has 1 fully saturated rings. The van der Waals surface area contributed by atoms with E-state index in [2.05, 4.69) is 74.7 Å². The topological polar surface area (TPSA) is 64.2 Å². The predicted molar refractivity (Wildman–Crippen MR) is 121 cm³/mol. The lowest BCUT2D eigenvalue weighted by atomic mass is 10.1. The van der Waals surface area contributed by atoms with Gasteiger partial charge in [-0.3, -0.25) is 10.1 Å². The molecule has 3 heterocycles. The second-order valence-electron chi connectivity index (χ2n) is 8.09. The molecule has 2 aromatic carbocycles. The molecule has 1 saturated carbocycles. The van der Waals surface area contributed by atoms with Crippen molar-refractivity contribution in [3.63, 3.8) is 0 Å². The van der Waals surface area contributed by atoms with E-state index in [-0.39, 0.29) is 11.8 Å². The lowest BCUT2D eigenvalue weighted by Gasteiger charge is -2.07. The van der Waals surface area contributed by atoms with Gasteiger partial charge in [0, 0.05) is 41.3 Å². The van der Waals surface area contributed by atoms with E-state index < -0.39 is 0 Å². The average Bonchev–Trinajstić information content (AvgIpc) is 3.46. The maximum atomic E-state index is 12.1. The van der Waals surface area contributed by atoms with Crippen molar-refractivity contribution in [2.75, 3.05) is 5.32 Å². The first-order chi connectivity index (χ1) is 15.2. The minimum Gasteiger partial charge on any atom is -0.343 e. The minimum atomic E-state index is 0.0126. The number of carbonyl (C=O) groups is 1. The Labute approximate surface area is 179 Å². The molecule has 1 aliphatic rings. The van der Waals surface area contributed by atoms with Crippen LogP contribution < -0.4 is 5.32 Å². The first-order valence-electron chi connectivity index (χ1n) is 10.5. The van der Waals surface area contributed by atoms with Crippen molar-refractivity contribution >= 4 is 28.4 Å². The molecular formula is C25H21N5O. The van der Waals surface area contributed by atoms with Crippen molar-refractivity contribution in [2.45, 2.75) is 19.4 Å². The number of hydrogen-bond acceptors (Lipinski definition) is 3. The lowest BCUT2D eigenvalue weighted by Crippen LogP contribution is -2.14. The number of fused-ring (bicyclic) bond motifs is 2. The summed E-state index contributed by atoms with van der Waals surface area (Å²) in [7, 11) is 0. The third kappa shape index (κ3) is 3.36. The van der Waals surface area contributed by atoms with Crippen LogP contribution in [0.5, 0.6) is 0 Å². The molecule has 6 heteroatoms. The number of anilines is 1. The third-order valence-corrected chi connectivity index (χ3v) is 5.82. The van der Waals surface area contributed by atoms with Gasteiger partial charge < -0.3 is 4.57 Å². The fraction of sp³-hybridized carbons (Fsp3) is 0.160. The Hall–Kier alpha value is -3.93. The summed E-state index contributed by atoms with van der Waals surface area (Å²) in [5.74, 6) is 0.492. The van der Waals surface area contributed by atoms with E-state index in [0.29, 0.717) is 5.95 Å². The van der Waals surface area contributed by atoms with Crippen molar-refractivity contribution in [3.05, 3.63) is 84.7 Å². The molecule has 152 valence electrons. The van der Waals surface area contributed by atoms with Crippen LogP contribution in [0.1, 0.15) is 18.4 Å². The van der Waals surface area contributed by atoms with Crippen LogP contribution >= 0.6 is 0 Å². The Bertz CT molecular complexity index is 1410. The zero-order valence-electron chi connectivity index (χ0n) is 16.9. The fourth-order valence-electron chi connectivity index (χ4n) is 4.03. The highest BCUT2D eigenvalue weighted by molar-refractivity contribution is 5.93. The molecule has 0 spiro atoms. The van der Waals surface area contributed by atoms with Crippen LogP contribution in [0.3, 0.4) is 0 Å². The maximum Gasteiger partial charge on any atom is 0.249 e. The zero-order valence-corrected chi connectivity index (χ0v) is 16.9. The summed E-state index contributed by atoms with van der Waals surface area (Å²) in [5, 5.41) is 8.45. The highest BCUT2D eigenvalue weighted by atomic mass is 16.2. The number of nitrogens with one attached hydrogen (secondary N) is 1. The van der Waals surface area contributed by atoms with E-state index in [9.17, 15) is 4.79 Å². The normalized spacial score (nSPS) is 13.7. The number of pyridine rings is 1. The first-order valence-corrected chi connectivity index (χ1v) is 10.5. The van der Waals surface area contributed by atoms with Crippen LogP contribution in [-0.2, 0) is 11.3 Å². The van der Waals surface area contributed by atoms with Crippen molar-refractivity contribution < 1.29 is 4.79 Å². The fourth-order valence-corrected chi connectivity index (χ4v) is 4.03. The van der Waals surface area contributed by atoms with Crippen LogP contribution in [-0.4, -0.2) is 25.1 Å². The smallest absolute Gasteiger partial charge is 0.249 e. The van der Waals surface area contributed by atoms with Crippen molar-refractivity contribution in [3.8, 4) is 11.1 Å². The second-order valence-corrected chi connectivity index (χ2v) is 8.09. The van der Waals surface area contributed by atoms with Crippen LogP contribution in [0.25, 0.3) is 27.7 Å². The summed E-state index contributed by atoms with van der Waals surface area (Å²) >= 11 is 0. The molecule has 0 aliphatic heterocycles. The molecule has 31 heavy (non-hydrogen) atoms. The summed E-state index contributed by atoms with van der Waals surface area (Å²) in [6.45, 7) is 0.841. The quantitative estimate of drug-likeness (QED) is 0.457. The van der Waals surface area contributed by atoms with Gasteiger partial charge >= 0.3 is 0 Å². The summed E-state index contributed by atoms with van der Waals surface area (Å²) in [6.07, 6.45) is 5.89. The molecule has 6 nitrogen and oxygen atoms in total. The summed E-state index contributed by atoms with van der Waals surface area (Å²) in [5.41, 5.74) is 5.26. The number of carbonyl (C=O) groups excluding carboxylic acids is 1. The van der Waals surface area contributed by atoms with Crippen LogP contribution in [0.15, 0.2) is 79.1 Å². The van der Waals surface area contributed by atoms with E-state index in [1.165, 1.54) is 16.5 Å². The highest BCUT2D eigenvalue weighted by Crippen LogP contribution is 2.31. The van der Waals surface area contributed by atoms with Gasteiger partial charge in [0.2, 0.25) is 11.9 Å². The molecule has 3 aromatic heterocycles. The number of nitrogens with zero attached hydrogens (tertiary/aromatic N) is 4. The van der Waals surface area contributed by atoms with Gasteiger partial charge in [-0.15, -0.1) is 5.10 Å². The third-order valence-electron chi connectivity index (χ3n) is 5.82. The summed E-state index contributed by atoms with van der Waals surface area (Å²) in [4.78, 5) is 16.7. The predicted octanol–water partition coefficient (Wildman–Crippen LogP) is 4.75. The van der Waals surface area contributed by atoms with Gasteiger partial charge in [0.05, 0.1) is 0 Å². The van der Waals surface area contributed by atoms with Gasteiger partial charge in [-0.05, 0) is 54.3 Å². The number of hydrogen-bond donors (Lipinski definition) is 1. The van der Waals surface area contributed by atoms with Crippen LogP contribution in [0.4, 0.5) is 5.95 Å². The summed E-state index contributed by atoms with van der Waals surface area (Å²) < 4.78 is 3.99. The SMILES string of the molecule is O=C(Nc1nc2c(-c3ccc4c(ccn4Cc4ccccc4)c3)cccn2n1)C1CC1. The molecule has 1 amide bonds. The number of rotatable bonds is 5. The van der Waals surface area contributed by atoms with Crippen molar-refractivity contribution in [1.29, 1.82) is 0 Å². The van der Waals surface area contributed by atoms with E-state index in [1.807, 2.05) is 24.4 Å². The summed E-state index contributed by atoms with van der Waals surface area (Å²) in [6, 6.07) is 23.1. The largest absolute Gasteiger partial charge is 0.343 e. The van der Waals surface area contributed by atoms with Crippen LogP contribution in [0, 0.1) is 5.92 Å². The molecule has 1 aliphatic carbocycles. The molecule has 0 radical (unpaired) electrons. The number of benzene rings is 2. The van der Waals surface area contributed by atoms with Gasteiger partial charge in [0.25, 0.3) is 0 Å². The molecule has 0 atom stereocenters. The van der Waals surface area contributed by atoms with Gasteiger partial charge in [0.1, 0.15) is 0 Å². The standard InChI is InChI=1S/C25H21N5O/c31-24(18-8-9-18)27-25-26-23-21(7-4-13-30(23)28-25)19-10-11-22-20(15-19)12-14-29(22)16-17-5-2-1-3-6-17/h1-7,10-15,18H,8-9,16H2,(H,27,28,31). The van der Waals surface area contributed by atoms with E-state index in [0.717, 1.165) is 36.2 Å². The van der Waals surface area contributed by atoms with Gasteiger partial charge in [-0.1, -0.05) is 36.4 Å². The Kier molecular flexibility index (Phi) is 4.09. The Balaban J connectivity index is 1.35. The van der Waals surface area contributed by atoms with Gasteiger partial charge in [-0.2, -0.15) is 4.98 Å². The van der Waals surface area contributed by atoms with E-state index >= 15 is 0 Å². The van der Waals surface area contributed by atoms with Crippen molar-refractivity contribution in [2.24, 2.45) is 5.92 Å². The molecule has 0 bridgehead atoms.